The number of hydrogen-bond acceptors (Lipinski definition) is 3. The summed E-state index contributed by atoms with van der Waals surface area (Å²) < 4.78 is 28.5. The van der Waals surface area contributed by atoms with Crippen molar-refractivity contribution in [3.8, 4) is 11.4 Å². The molecule has 0 aliphatic carbocycles. The van der Waals surface area contributed by atoms with E-state index < -0.39 is 11.6 Å². The molecule has 154 valence electrons. The molecule has 0 radical (unpaired) electrons. The van der Waals surface area contributed by atoms with Crippen molar-refractivity contribution in [3.05, 3.63) is 54.1 Å². The Morgan fingerprint density at radius 3 is 2.14 bits per heavy atom. The number of para-hydroxylation sites is 1. The van der Waals surface area contributed by atoms with Gasteiger partial charge in [-0.25, -0.2) is 18.7 Å². The lowest BCUT2D eigenvalue weighted by atomic mass is 10.1. The van der Waals surface area contributed by atoms with Crippen molar-refractivity contribution < 1.29 is 8.78 Å². The number of rotatable bonds is 11. The first kappa shape index (κ1) is 21.2. The second-order valence-electron chi connectivity index (χ2n) is 7.41. The van der Waals surface area contributed by atoms with Gasteiger partial charge in [0, 0.05) is 11.9 Å². The highest BCUT2D eigenvalue weighted by molar-refractivity contribution is 5.90. The zero-order chi connectivity index (χ0) is 20.5. The Balaban J connectivity index is 1.68. The standard InChI is InChI=1S/C24H29F2N3/c1-2-3-4-5-6-7-8-11-17-27-23-18-13-9-10-16-21(18)28-24(29-23)22-19(25)14-12-15-20(22)26/h9-10,12-16H,2-8,11,17H2,1H3,(H,27,28,29). The van der Waals surface area contributed by atoms with E-state index in [9.17, 15) is 8.78 Å². The fourth-order valence-corrected chi connectivity index (χ4v) is 3.50. The fraction of sp³-hybridized carbons (Fsp3) is 0.417. The third-order valence-corrected chi connectivity index (χ3v) is 5.11. The molecule has 0 aliphatic heterocycles. The number of hydrogen-bond donors (Lipinski definition) is 1. The van der Waals surface area contributed by atoms with E-state index >= 15 is 0 Å². The molecule has 0 unspecified atom stereocenters. The van der Waals surface area contributed by atoms with Crippen LogP contribution in [-0.4, -0.2) is 16.5 Å². The molecular formula is C24H29F2N3. The molecule has 3 aromatic rings. The van der Waals surface area contributed by atoms with Gasteiger partial charge in [0.25, 0.3) is 0 Å². The largest absolute Gasteiger partial charge is 0.369 e. The zero-order valence-corrected chi connectivity index (χ0v) is 17.1. The number of halogens is 2. The van der Waals surface area contributed by atoms with Gasteiger partial charge in [0.2, 0.25) is 0 Å². The summed E-state index contributed by atoms with van der Waals surface area (Å²) >= 11 is 0. The Hall–Kier alpha value is -2.56. The summed E-state index contributed by atoms with van der Waals surface area (Å²) in [6, 6.07) is 11.3. The van der Waals surface area contributed by atoms with Crippen LogP contribution in [0.3, 0.4) is 0 Å². The predicted octanol–water partition coefficient (Wildman–Crippen LogP) is 7.13. The molecule has 0 bridgehead atoms. The van der Waals surface area contributed by atoms with Gasteiger partial charge in [-0.1, -0.05) is 70.1 Å². The average Bonchev–Trinajstić information content (AvgIpc) is 2.72. The van der Waals surface area contributed by atoms with Gasteiger partial charge in [-0.05, 0) is 30.7 Å². The Morgan fingerprint density at radius 1 is 0.759 bits per heavy atom. The van der Waals surface area contributed by atoms with Crippen LogP contribution in [-0.2, 0) is 0 Å². The van der Waals surface area contributed by atoms with Gasteiger partial charge in [0.1, 0.15) is 17.5 Å². The van der Waals surface area contributed by atoms with Crippen molar-refractivity contribution in [1.29, 1.82) is 0 Å². The molecule has 1 aromatic heterocycles. The van der Waals surface area contributed by atoms with Crippen LogP contribution in [0.2, 0.25) is 0 Å². The normalized spacial score (nSPS) is 11.1. The summed E-state index contributed by atoms with van der Waals surface area (Å²) in [6.45, 7) is 3.00. The van der Waals surface area contributed by atoms with Crippen LogP contribution < -0.4 is 5.32 Å². The molecule has 0 saturated carbocycles. The SMILES string of the molecule is CCCCCCCCCCNc1nc(-c2c(F)cccc2F)nc2ccccc12. The highest BCUT2D eigenvalue weighted by Gasteiger charge is 2.16. The number of fused-ring (bicyclic) bond motifs is 1. The Morgan fingerprint density at radius 2 is 1.41 bits per heavy atom. The third-order valence-electron chi connectivity index (χ3n) is 5.11. The van der Waals surface area contributed by atoms with Crippen LogP contribution in [0.15, 0.2) is 42.5 Å². The smallest absolute Gasteiger partial charge is 0.168 e. The number of nitrogens with one attached hydrogen (secondary N) is 1. The number of aromatic nitrogens is 2. The molecule has 3 rings (SSSR count). The molecule has 0 saturated heterocycles. The molecule has 0 fully saturated rings. The maximum absolute atomic E-state index is 14.2. The van der Waals surface area contributed by atoms with Crippen LogP contribution in [0.1, 0.15) is 58.3 Å². The molecule has 5 heteroatoms. The minimum Gasteiger partial charge on any atom is -0.369 e. The molecule has 0 spiro atoms. The van der Waals surface area contributed by atoms with E-state index in [0.717, 1.165) is 24.8 Å². The highest BCUT2D eigenvalue weighted by Crippen LogP contribution is 2.28. The lowest BCUT2D eigenvalue weighted by Gasteiger charge is -2.12. The minimum absolute atomic E-state index is 0.0673. The van der Waals surface area contributed by atoms with Gasteiger partial charge in [-0.2, -0.15) is 0 Å². The lowest BCUT2D eigenvalue weighted by molar-refractivity contribution is 0.581. The van der Waals surface area contributed by atoms with Crippen LogP contribution in [0, 0.1) is 11.6 Å². The molecule has 2 aromatic carbocycles. The summed E-state index contributed by atoms with van der Waals surface area (Å²) in [6.07, 6.45) is 9.97. The summed E-state index contributed by atoms with van der Waals surface area (Å²) in [5.74, 6) is -0.627. The first-order chi connectivity index (χ1) is 14.2. The Labute approximate surface area is 171 Å². The van der Waals surface area contributed by atoms with Crippen molar-refractivity contribution in [2.24, 2.45) is 0 Å². The van der Waals surface area contributed by atoms with E-state index in [2.05, 4.69) is 22.2 Å². The quantitative estimate of drug-likeness (QED) is 0.350. The maximum Gasteiger partial charge on any atom is 0.168 e. The number of benzene rings is 2. The van der Waals surface area contributed by atoms with Crippen LogP contribution in [0.4, 0.5) is 14.6 Å². The Kier molecular flexibility index (Phi) is 7.91. The first-order valence-corrected chi connectivity index (χ1v) is 10.7. The van der Waals surface area contributed by atoms with Gasteiger partial charge in [0.15, 0.2) is 5.82 Å². The highest BCUT2D eigenvalue weighted by atomic mass is 19.1. The second-order valence-corrected chi connectivity index (χ2v) is 7.41. The molecule has 29 heavy (non-hydrogen) atoms. The second kappa shape index (κ2) is 10.8. The fourth-order valence-electron chi connectivity index (χ4n) is 3.50. The van der Waals surface area contributed by atoms with Crippen LogP contribution in [0.25, 0.3) is 22.3 Å². The van der Waals surface area contributed by atoms with Crippen molar-refractivity contribution in [1.82, 2.24) is 9.97 Å². The molecular weight excluding hydrogens is 368 g/mol. The molecule has 0 atom stereocenters. The Bertz CT molecular complexity index is 907. The van der Waals surface area contributed by atoms with E-state index in [1.54, 1.807) is 0 Å². The van der Waals surface area contributed by atoms with Crippen molar-refractivity contribution in [2.45, 2.75) is 58.3 Å². The third kappa shape index (κ3) is 5.72. The average molecular weight is 398 g/mol. The predicted molar refractivity (Wildman–Crippen MR) is 116 cm³/mol. The molecule has 0 amide bonds. The van der Waals surface area contributed by atoms with Crippen LogP contribution >= 0.6 is 0 Å². The van der Waals surface area contributed by atoms with Crippen LogP contribution in [0.5, 0.6) is 0 Å². The van der Waals surface area contributed by atoms with E-state index in [-0.39, 0.29) is 11.4 Å². The van der Waals surface area contributed by atoms with Gasteiger partial charge in [-0.15, -0.1) is 0 Å². The zero-order valence-electron chi connectivity index (χ0n) is 17.1. The van der Waals surface area contributed by atoms with Gasteiger partial charge >= 0.3 is 0 Å². The maximum atomic E-state index is 14.2. The molecule has 1 heterocycles. The number of anilines is 1. The van der Waals surface area contributed by atoms with Crippen molar-refractivity contribution in [3.63, 3.8) is 0 Å². The summed E-state index contributed by atoms with van der Waals surface area (Å²) in [5, 5.41) is 4.21. The number of unbranched alkanes of at least 4 members (excludes halogenated alkanes) is 7. The van der Waals surface area contributed by atoms with Crippen molar-refractivity contribution in [2.75, 3.05) is 11.9 Å². The molecule has 3 nitrogen and oxygen atoms in total. The first-order valence-electron chi connectivity index (χ1n) is 10.7. The topological polar surface area (TPSA) is 37.8 Å². The summed E-state index contributed by atoms with van der Waals surface area (Å²) in [4.78, 5) is 8.85. The van der Waals surface area contributed by atoms with E-state index in [1.807, 2.05) is 24.3 Å². The van der Waals surface area contributed by atoms with Crippen molar-refractivity contribution >= 4 is 16.7 Å². The number of nitrogens with zero attached hydrogens (tertiary/aromatic N) is 2. The van der Waals surface area contributed by atoms with Gasteiger partial charge in [-0.3, -0.25) is 0 Å². The van der Waals surface area contributed by atoms with Gasteiger partial charge in [0.05, 0.1) is 11.1 Å². The van der Waals surface area contributed by atoms with Gasteiger partial charge < -0.3 is 5.32 Å². The van der Waals surface area contributed by atoms with E-state index in [1.165, 1.54) is 56.7 Å². The monoisotopic (exact) mass is 397 g/mol. The van der Waals surface area contributed by atoms with E-state index in [4.69, 9.17) is 0 Å². The minimum atomic E-state index is -0.658. The lowest BCUT2D eigenvalue weighted by Crippen LogP contribution is -2.06. The molecule has 1 N–H and O–H groups in total. The summed E-state index contributed by atoms with van der Waals surface area (Å²) in [5.41, 5.74) is 0.479. The summed E-state index contributed by atoms with van der Waals surface area (Å²) in [7, 11) is 0. The molecule has 0 aliphatic rings. The van der Waals surface area contributed by atoms with E-state index in [0.29, 0.717) is 11.3 Å².